The number of aryl methyl sites for hydroxylation is 1. The molecule has 1 aromatic heterocycles. The fraction of sp³-hybridized carbons (Fsp3) is 0.0909. The third kappa shape index (κ3) is 3.51. The zero-order valence-corrected chi connectivity index (χ0v) is 16.5. The number of rotatable bonds is 3. The van der Waals surface area contributed by atoms with E-state index in [1.165, 1.54) is 0 Å². The Kier molecular flexibility index (Phi) is 4.54. The molecule has 27 heavy (non-hydrogen) atoms. The van der Waals surface area contributed by atoms with Crippen molar-refractivity contribution < 1.29 is 9.21 Å². The van der Waals surface area contributed by atoms with Gasteiger partial charge in [-0.05, 0) is 73.5 Å². The standard InChI is InChI=1S/C22H17BrN2O2/c1-13-6-11-20-19(12-13)25-22(27-20)17-4-3-5-18(14(17)2)24-21(26)15-7-9-16(23)10-8-15/h3-12H,1-2H3,(H,24,26). The second-order valence-corrected chi connectivity index (χ2v) is 7.35. The van der Waals surface area contributed by atoms with Gasteiger partial charge >= 0.3 is 0 Å². The molecular weight excluding hydrogens is 404 g/mol. The predicted octanol–water partition coefficient (Wildman–Crippen LogP) is 6.13. The Hall–Kier alpha value is -2.92. The zero-order valence-electron chi connectivity index (χ0n) is 14.9. The van der Waals surface area contributed by atoms with E-state index < -0.39 is 0 Å². The molecule has 134 valence electrons. The van der Waals surface area contributed by atoms with Crippen molar-refractivity contribution in [1.82, 2.24) is 4.98 Å². The molecule has 0 fully saturated rings. The maximum atomic E-state index is 12.5. The van der Waals surface area contributed by atoms with Gasteiger partial charge in [-0.3, -0.25) is 4.79 Å². The second-order valence-electron chi connectivity index (χ2n) is 6.43. The highest BCUT2D eigenvalue weighted by molar-refractivity contribution is 9.10. The SMILES string of the molecule is Cc1ccc2oc(-c3cccc(NC(=O)c4ccc(Br)cc4)c3C)nc2c1. The van der Waals surface area contributed by atoms with E-state index in [2.05, 4.69) is 26.2 Å². The Labute approximate surface area is 165 Å². The van der Waals surface area contributed by atoms with Crippen molar-refractivity contribution in [1.29, 1.82) is 0 Å². The van der Waals surface area contributed by atoms with Crippen LogP contribution in [-0.4, -0.2) is 10.9 Å². The van der Waals surface area contributed by atoms with Gasteiger partial charge in [-0.1, -0.05) is 28.1 Å². The van der Waals surface area contributed by atoms with Gasteiger partial charge in [0.05, 0.1) is 0 Å². The minimum atomic E-state index is -0.157. The van der Waals surface area contributed by atoms with E-state index in [0.29, 0.717) is 11.5 Å². The molecule has 5 heteroatoms. The molecule has 0 aliphatic heterocycles. The van der Waals surface area contributed by atoms with Crippen LogP contribution in [0.15, 0.2) is 69.6 Å². The number of oxazole rings is 1. The maximum Gasteiger partial charge on any atom is 0.255 e. The molecule has 0 bridgehead atoms. The van der Waals surface area contributed by atoms with E-state index in [0.717, 1.165) is 38.0 Å². The second kappa shape index (κ2) is 7.00. The lowest BCUT2D eigenvalue weighted by Gasteiger charge is -2.11. The lowest BCUT2D eigenvalue weighted by molar-refractivity contribution is 0.102. The van der Waals surface area contributed by atoms with Crippen molar-refractivity contribution >= 4 is 38.6 Å². The summed E-state index contributed by atoms with van der Waals surface area (Å²) in [5, 5.41) is 2.98. The van der Waals surface area contributed by atoms with Gasteiger partial charge in [-0.25, -0.2) is 4.98 Å². The van der Waals surface area contributed by atoms with Crippen molar-refractivity contribution in [2.75, 3.05) is 5.32 Å². The fourth-order valence-corrected chi connectivity index (χ4v) is 3.22. The van der Waals surface area contributed by atoms with Crippen molar-refractivity contribution in [3.05, 3.63) is 81.8 Å². The summed E-state index contributed by atoms with van der Waals surface area (Å²) in [6.45, 7) is 3.98. The van der Waals surface area contributed by atoms with Crippen molar-refractivity contribution in [2.45, 2.75) is 13.8 Å². The van der Waals surface area contributed by atoms with Crippen LogP contribution >= 0.6 is 15.9 Å². The zero-order chi connectivity index (χ0) is 19.0. The normalized spacial score (nSPS) is 10.9. The quantitative estimate of drug-likeness (QED) is 0.433. The molecular formula is C22H17BrN2O2. The first-order valence-corrected chi connectivity index (χ1v) is 9.34. The smallest absolute Gasteiger partial charge is 0.255 e. The first kappa shape index (κ1) is 17.5. The number of nitrogens with zero attached hydrogens (tertiary/aromatic N) is 1. The Morgan fingerprint density at radius 3 is 2.59 bits per heavy atom. The highest BCUT2D eigenvalue weighted by Gasteiger charge is 2.14. The van der Waals surface area contributed by atoms with Crippen LogP contribution in [0.3, 0.4) is 0 Å². The first-order chi connectivity index (χ1) is 13.0. The molecule has 0 saturated heterocycles. The summed E-state index contributed by atoms with van der Waals surface area (Å²) in [4.78, 5) is 17.1. The van der Waals surface area contributed by atoms with Crippen LogP contribution in [0.1, 0.15) is 21.5 Å². The van der Waals surface area contributed by atoms with Crippen LogP contribution in [0.2, 0.25) is 0 Å². The molecule has 0 aliphatic rings. The Balaban J connectivity index is 1.67. The number of carbonyl (C=O) groups is 1. The van der Waals surface area contributed by atoms with Gasteiger partial charge in [0.1, 0.15) is 5.52 Å². The van der Waals surface area contributed by atoms with Crippen molar-refractivity contribution in [2.24, 2.45) is 0 Å². The van der Waals surface area contributed by atoms with Gasteiger partial charge in [-0.2, -0.15) is 0 Å². The lowest BCUT2D eigenvalue weighted by Crippen LogP contribution is -2.12. The van der Waals surface area contributed by atoms with Gasteiger partial charge in [0, 0.05) is 21.3 Å². The predicted molar refractivity (Wildman–Crippen MR) is 111 cm³/mol. The summed E-state index contributed by atoms with van der Waals surface area (Å²) in [6, 6.07) is 18.9. The highest BCUT2D eigenvalue weighted by Crippen LogP contribution is 2.31. The number of nitrogens with one attached hydrogen (secondary N) is 1. The number of benzene rings is 3. The third-order valence-electron chi connectivity index (χ3n) is 4.46. The van der Waals surface area contributed by atoms with Crippen LogP contribution in [-0.2, 0) is 0 Å². The Morgan fingerprint density at radius 1 is 1.04 bits per heavy atom. The third-order valence-corrected chi connectivity index (χ3v) is 4.99. The van der Waals surface area contributed by atoms with Crippen LogP contribution < -0.4 is 5.32 Å². The number of fused-ring (bicyclic) bond motifs is 1. The molecule has 1 amide bonds. The molecule has 4 aromatic rings. The molecule has 1 heterocycles. The number of carbonyl (C=O) groups excluding carboxylic acids is 1. The minimum absolute atomic E-state index is 0.157. The first-order valence-electron chi connectivity index (χ1n) is 8.55. The largest absolute Gasteiger partial charge is 0.436 e. The van der Waals surface area contributed by atoms with E-state index in [1.54, 1.807) is 12.1 Å². The molecule has 0 unspecified atom stereocenters. The summed E-state index contributed by atoms with van der Waals surface area (Å²) >= 11 is 3.38. The van der Waals surface area contributed by atoms with E-state index in [4.69, 9.17) is 4.42 Å². The monoisotopic (exact) mass is 420 g/mol. The minimum Gasteiger partial charge on any atom is -0.436 e. The van der Waals surface area contributed by atoms with Crippen molar-refractivity contribution in [3.63, 3.8) is 0 Å². The molecule has 1 N–H and O–H groups in total. The average Bonchev–Trinajstić information content (AvgIpc) is 3.06. The summed E-state index contributed by atoms with van der Waals surface area (Å²) in [6.07, 6.45) is 0. The molecule has 0 spiro atoms. The summed E-state index contributed by atoms with van der Waals surface area (Å²) in [7, 11) is 0. The summed E-state index contributed by atoms with van der Waals surface area (Å²) < 4.78 is 6.85. The Morgan fingerprint density at radius 2 is 1.81 bits per heavy atom. The topological polar surface area (TPSA) is 55.1 Å². The average molecular weight is 421 g/mol. The molecule has 0 atom stereocenters. The number of hydrogen-bond acceptors (Lipinski definition) is 3. The van der Waals surface area contributed by atoms with Crippen LogP contribution in [0, 0.1) is 13.8 Å². The van der Waals surface area contributed by atoms with Crippen LogP contribution in [0.4, 0.5) is 5.69 Å². The summed E-state index contributed by atoms with van der Waals surface area (Å²) in [5.41, 5.74) is 5.81. The number of aromatic nitrogens is 1. The van der Waals surface area contributed by atoms with Gasteiger partial charge in [0.15, 0.2) is 5.58 Å². The lowest BCUT2D eigenvalue weighted by atomic mass is 10.1. The van der Waals surface area contributed by atoms with Gasteiger partial charge in [-0.15, -0.1) is 0 Å². The summed E-state index contributed by atoms with van der Waals surface area (Å²) in [5.74, 6) is 0.392. The van der Waals surface area contributed by atoms with E-state index in [1.807, 2.05) is 62.4 Å². The van der Waals surface area contributed by atoms with Crippen LogP contribution in [0.5, 0.6) is 0 Å². The fourth-order valence-electron chi connectivity index (χ4n) is 2.95. The number of halogens is 1. The maximum absolute atomic E-state index is 12.5. The highest BCUT2D eigenvalue weighted by atomic mass is 79.9. The molecule has 0 radical (unpaired) electrons. The van der Waals surface area contributed by atoms with E-state index in [9.17, 15) is 4.79 Å². The Bertz CT molecular complexity index is 1150. The van der Waals surface area contributed by atoms with Crippen LogP contribution in [0.25, 0.3) is 22.6 Å². The van der Waals surface area contributed by atoms with E-state index >= 15 is 0 Å². The van der Waals surface area contributed by atoms with Gasteiger partial charge < -0.3 is 9.73 Å². The molecule has 4 rings (SSSR count). The molecule has 0 aliphatic carbocycles. The van der Waals surface area contributed by atoms with Crippen molar-refractivity contribution in [3.8, 4) is 11.5 Å². The number of hydrogen-bond donors (Lipinski definition) is 1. The molecule has 4 nitrogen and oxygen atoms in total. The molecule has 3 aromatic carbocycles. The van der Waals surface area contributed by atoms with E-state index in [-0.39, 0.29) is 5.91 Å². The van der Waals surface area contributed by atoms with Gasteiger partial charge in [0.25, 0.3) is 5.91 Å². The number of amides is 1. The van der Waals surface area contributed by atoms with Gasteiger partial charge in [0.2, 0.25) is 5.89 Å². The number of anilines is 1. The molecule has 0 saturated carbocycles.